The van der Waals surface area contributed by atoms with Crippen molar-refractivity contribution in [2.45, 2.75) is 25.8 Å². The summed E-state index contributed by atoms with van der Waals surface area (Å²) in [4.78, 5) is 8.35. The third kappa shape index (κ3) is 2.20. The molecule has 4 heteroatoms. The molecule has 0 radical (unpaired) electrons. The van der Waals surface area contributed by atoms with Crippen LogP contribution < -0.4 is 11.1 Å². The fourth-order valence-corrected chi connectivity index (χ4v) is 1.67. The average Bonchev–Trinajstić information content (AvgIpc) is 2.13. The fraction of sp³-hybridized carbons (Fsp3) is 0.600. The van der Waals surface area contributed by atoms with E-state index in [0.717, 1.165) is 30.9 Å². The first-order chi connectivity index (χ1) is 6.74. The highest BCUT2D eigenvalue weighted by molar-refractivity contribution is 5.24. The minimum atomic E-state index is 0.417. The highest BCUT2D eigenvalue weighted by Gasteiger charge is 2.25. The highest BCUT2D eigenvalue weighted by Crippen LogP contribution is 2.25. The van der Waals surface area contributed by atoms with Gasteiger partial charge in [0, 0.05) is 25.0 Å². The van der Waals surface area contributed by atoms with E-state index in [-0.39, 0.29) is 0 Å². The van der Waals surface area contributed by atoms with Crippen LogP contribution in [0.4, 0.5) is 5.95 Å². The summed E-state index contributed by atoms with van der Waals surface area (Å²) in [5.74, 6) is 1.42. The Morgan fingerprint density at radius 2 is 2.07 bits per heavy atom. The molecule has 1 heterocycles. The topological polar surface area (TPSA) is 63.8 Å². The molecular formula is C10H16N4. The van der Waals surface area contributed by atoms with Crippen LogP contribution in [-0.2, 0) is 0 Å². The number of hydrogen-bond donors (Lipinski definition) is 2. The van der Waals surface area contributed by atoms with E-state index in [4.69, 9.17) is 5.73 Å². The maximum Gasteiger partial charge on any atom is 0.222 e. The lowest BCUT2D eigenvalue weighted by atomic mass is 9.81. The van der Waals surface area contributed by atoms with E-state index < -0.39 is 0 Å². The molecule has 1 fully saturated rings. The Bertz CT molecular complexity index is 289. The van der Waals surface area contributed by atoms with Crippen LogP contribution in [-0.4, -0.2) is 22.6 Å². The Balaban J connectivity index is 1.78. The van der Waals surface area contributed by atoms with Crippen molar-refractivity contribution in [1.82, 2.24) is 9.97 Å². The second-order valence-electron chi connectivity index (χ2n) is 4.06. The van der Waals surface area contributed by atoms with Gasteiger partial charge < -0.3 is 11.1 Å². The molecule has 4 nitrogen and oxygen atoms in total. The van der Waals surface area contributed by atoms with Gasteiger partial charge in [0.15, 0.2) is 0 Å². The predicted octanol–water partition coefficient (Wildman–Crippen LogP) is 0.934. The Hall–Kier alpha value is -1.16. The first-order valence-corrected chi connectivity index (χ1v) is 5.02. The van der Waals surface area contributed by atoms with E-state index >= 15 is 0 Å². The molecule has 1 aromatic rings. The third-order valence-corrected chi connectivity index (χ3v) is 2.60. The summed E-state index contributed by atoms with van der Waals surface area (Å²) in [5.41, 5.74) is 6.78. The van der Waals surface area contributed by atoms with Crippen molar-refractivity contribution in [2.24, 2.45) is 11.7 Å². The second-order valence-corrected chi connectivity index (χ2v) is 4.06. The van der Waals surface area contributed by atoms with Crippen LogP contribution >= 0.6 is 0 Å². The Morgan fingerprint density at radius 1 is 1.43 bits per heavy atom. The number of nitrogens with two attached hydrogens (primary N) is 1. The van der Waals surface area contributed by atoms with Crippen LogP contribution in [0.25, 0.3) is 0 Å². The summed E-state index contributed by atoms with van der Waals surface area (Å²) < 4.78 is 0. The Labute approximate surface area is 83.9 Å². The van der Waals surface area contributed by atoms with Crippen molar-refractivity contribution >= 4 is 5.95 Å². The van der Waals surface area contributed by atoms with Crippen molar-refractivity contribution in [3.8, 4) is 0 Å². The molecule has 1 aliphatic rings. The predicted molar refractivity (Wildman–Crippen MR) is 56.0 cm³/mol. The molecular weight excluding hydrogens is 176 g/mol. The first-order valence-electron chi connectivity index (χ1n) is 5.02. The van der Waals surface area contributed by atoms with E-state index in [9.17, 15) is 0 Å². The van der Waals surface area contributed by atoms with Gasteiger partial charge >= 0.3 is 0 Å². The Morgan fingerprint density at radius 3 is 2.64 bits per heavy atom. The number of nitrogens with one attached hydrogen (secondary N) is 1. The first kappa shape index (κ1) is 9.40. The van der Waals surface area contributed by atoms with E-state index in [2.05, 4.69) is 15.3 Å². The van der Waals surface area contributed by atoms with Crippen LogP contribution in [0.15, 0.2) is 12.4 Å². The number of hydrogen-bond acceptors (Lipinski definition) is 4. The van der Waals surface area contributed by atoms with Gasteiger partial charge in [0.05, 0.1) is 0 Å². The van der Waals surface area contributed by atoms with Crippen LogP contribution in [0.2, 0.25) is 0 Å². The molecule has 14 heavy (non-hydrogen) atoms. The molecule has 3 N–H and O–H groups in total. The van der Waals surface area contributed by atoms with Gasteiger partial charge in [-0.15, -0.1) is 0 Å². The summed E-state index contributed by atoms with van der Waals surface area (Å²) in [6.45, 7) is 2.92. The summed E-state index contributed by atoms with van der Waals surface area (Å²) >= 11 is 0. The fourth-order valence-electron chi connectivity index (χ4n) is 1.67. The average molecular weight is 192 g/mol. The van der Waals surface area contributed by atoms with Crippen LogP contribution in [0.5, 0.6) is 0 Å². The van der Waals surface area contributed by atoms with E-state index in [0.29, 0.717) is 12.0 Å². The monoisotopic (exact) mass is 192 g/mol. The zero-order valence-corrected chi connectivity index (χ0v) is 8.40. The molecule has 1 saturated carbocycles. The smallest absolute Gasteiger partial charge is 0.222 e. The molecule has 0 spiro atoms. The van der Waals surface area contributed by atoms with Crippen molar-refractivity contribution in [1.29, 1.82) is 0 Å². The molecule has 2 rings (SSSR count). The van der Waals surface area contributed by atoms with Gasteiger partial charge in [-0.25, -0.2) is 9.97 Å². The maximum absolute atomic E-state index is 5.70. The summed E-state index contributed by atoms with van der Waals surface area (Å²) in [5, 5.41) is 3.22. The summed E-state index contributed by atoms with van der Waals surface area (Å²) in [6.07, 6.45) is 5.89. The standard InChI is InChI=1S/C10H16N4/c1-7-4-12-10(13-5-7)14-6-8-2-9(11)3-8/h4-5,8-9H,2-3,6,11H2,1H3,(H,12,13,14). The van der Waals surface area contributed by atoms with Gasteiger partial charge in [-0.1, -0.05) is 0 Å². The van der Waals surface area contributed by atoms with Crippen molar-refractivity contribution in [2.75, 3.05) is 11.9 Å². The zero-order valence-electron chi connectivity index (χ0n) is 8.40. The molecule has 1 aromatic heterocycles. The lowest BCUT2D eigenvalue weighted by molar-refractivity contribution is 0.279. The third-order valence-electron chi connectivity index (χ3n) is 2.60. The minimum Gasteiger partial charge on any atom is -0.354 e. The summed E-state index contributed by atoms with van der Waals surface area (Å²) in [6, 6.07) is 0.417. The lowest BCUT2D eigenvalue weighted by Gasteiger charge is -2.32. The van der Waals surface area contributed by atoms with Crippen molar-refractivity contribution in [3.63, 3.8) is 0 Å². The molecule has 76 valence electrons. The largest absolute Gasteiger partial charge is 0.354 e. The van der Waals surface area contributed by atoms with Gasteiger partial charge in [0.2, 0.25) is 5.95 Å². The van der Waals surface area contributed by atoms with Crippen LogP contribution in [0.3, 0.4) is 0 Å². The highest BCUT2D eigenvalue weighted by atomic mass is 15.1. The minimum absolute atomic E-state index is 0.417. The molecule has 0 amide bonds. The Kier molecular flexibility index (Phi) is 2.63. The molecule has 0 atom stereocenters. The van der Waals surface area contributed by atoms with Gasteiger partial charge in [-0.2, -0.15) is 0 Å². The maximum atomic E-state index is 5.70. The molecule has 1 aliphatic carbocycles. The van der Waals surface area contributed by atoms with Crippen molar-refractivity contribution < 1.29 is 0 Å². The van der Waals surface area contributed by atoms with Gasteiger partial charge in [0.25, 0.3) is 0 Å². The molecule has 0 aliphatic heterocycles. The number of nitrogens with zero attached hydrogens (tertiary/aromatic N) is 2. The molecule has 0 unspecified atom stereocenters. The number of aryl methyl sites for hydroxylation is 1. The number of rotatable bonds is 3. The lowest BCUT2D eigenvalue weighted by Crippen LogP contribution is -2.39. The summed E-state index contributed by atoms with van der Waals surface area (Å²) in [7, 11) is 0. The van der Waals surface area contributed by atoms with Gasteiger partial charge in [-0.3, -0.25) is 0 Å². The SMILES string of the molecule is Cc1cnc(NCC2CC(N)C2)nc1. The number of aromatic nitrogens is 2. The molecule has 0 saturated heterocycles. The van der Waals surface area contributed by atoms with Crippen molar-refractivity contribution in [3.05, 3.63) is 18.0 Å². The number of anilines is 1. The quantitative estimate of drug-likeness (QED) is 0.748. The van der Waals surface area contributed by atoms with E-state index in [1.54, 1.807) is 0 Å². The van der Waals surface area contributed by atoms with Gasteiger partial charge in [0.1, 0.15) is 0 Å². The second kappa shape index (κ2) is 3.92. The molecule has 0 aromatic carbocycles. The van der Waals surface area contributed by atoms with Crippen LogP contribution in [0, 0.1) is 12.8 Å². The van der Waals surface area contributed by atoms with Gasteiger partial charge in [-0.05, 0) is 31.2 Å². The van der Waals surface area contributed by atoms with E-state index in [1.807, 2.05) is 19.3 Å². The molecule has 0 bridgehead atoms. The van der Waals surface area contributed by atoms with E-state index in [1.165, 1.54) is 0 Å². The zero-order chi connectivity index (χ0) is 9.97. The normalized spacial score (nSPS) is 25.6. The van der Waals surface area contributed by atoms with Crippen LogP contribution in [0.1, 0.15) is 18.4 Å².